The molecule has 1 fully saturated rings. The highest BCUT2D eigenvalue weighted by atomic mass is 19.4. The van der Waals surface area contributed by atoms with Gasteiger partial charge in [-0.2, -0.15) is 13.2 Å². The van der Waals surface area contributed by atoms with Crippen molar-refractivity contribution < 1.29 is 41.4 Å². The number of hydrogen-bond donors (Lipinski definition) is 3. The number of nitrogens with one attached hydrogen (secondary N) is 3. The van der Waals surface area contributed by atoms with E-state index in [1.807, 2.05) is 0 Å². The van der Waals surface area contributed by atoms with E-state index in [1.165, 1.54) is 37.6 Å². The van der Waals surface area contributed by atoms with Gasteiger partial charge in [0.25, 0.3) is 0 Å². The molecule has 2 amide bonds. The van der Waals surface area contributed by atoms with Gasteiger partial charge in [0.05, 0.1) is 24.8 Å². The number of carbonyl (C=O) groups excluding carboxylic acids is 2. The first-order valence-electron chi connectivity index (χ1n) is 14.1. The van der Waals surface area contributed by atoms with E-state index in [2.05, 4.69) is 20.9 Å². The van der Waals surface area contributed by atoms with Gasteiger partial charge in [0.1, 0.15) is 5.75 Å². The average Bonchev–Trinajstić information content (AvgIpc) is 3.03. The maximum absolute atomic E-state index is 15.0. The number of methoxy groups -OCH3 is 1. The molecule has 13 heteroatoms. The molecule has 9 nitrogen and oxygen atoms in total. The second-order valence-corrected chi connectivity index (χ2v) is 10.4. The van der Waals surface area contributed by atoms with Crippen molar-refractivity contribution >= 4 is 28.4 Å². The second-order valence-electron chi connectivity index (χ2n) is 10.4. The van der Waals surface area contributed by atoms with Crippen LogP contribution in [0, 0.1) is 11.7 Å². The van der Waals surface area contributed by atoms with Crippen LogP contribution in [0.1, 0.15) is 24.0 Å². The quantitative estimate of drug-likeness (QED) is 0.159. The summed E-state index contributed by atoms with van der Waals surface area (Å²) in [6.45, 7) is 2.15. The Kier molecular flexibility index (Phi) is 9.67. The van der Waals surface area contributed by atoms with E-state index in [0.717, 1.165) is 44.1 Å². The highest BCUT2D eigenvalue weighted by molar-refractivity contribution is 6.39. The molecular formula is C32H30F4N4O5. The van der Waals surface area contributed by atoms with E-state index in [4.69, 9.17) is 14.2 Å². The standard InChI is InChI=1S/C32H30F4N4O5/c1-43-28-15-23-25(16-29(28)44-18-19-7-10-37-11-8-19)38-12-9-26(23)45-27-6-5-22(14-24(27)33)40-31(42)30(41)39-17-20-3-2-4-21(13-20)32(34,35)36/h2-6,9,12-16,19,37H,7-8,10-11,17-18H2,1H3,(H,39,41)(H,40,42). The lowest BCUT2D eigenvalue weighted by atomic mass is 9.99. The van der Waals surface area contributed by atoms with Crippen LogP contribution in [0.25, 0.3) is 10.9 Å². The molecular weight excluding hydrogens is 596 g/mol. The van der Waals surface area contributed by atoms with E-state index < -0.39 is 29.4 Å². The number of nitrogens with zero attached hydrogens (tertiary/aromatic N) is 1. The van der Waals surface area contributed by atoms with Gasteiger partial charge in [0.15, 0.2) is 23.1 Å². The molecule has 0 aliphatic carbocycles. The number of alkyl halides is 3. The zero-order valence-electron chi connectivity index (χ0n) is 24.2. The van der Waals surface area contributed by atoms with Crippen LogP contribution < -0.4 is 30.2 Å². The molecule has 3 aromatic carbocycles. The topological polar surface area (TPSA) is 111 Å². The molecule has 1 aromatic heterocycles. The molecule has 3 N–H and O–H groups in total. The van der Waals surface area contributed by atoms with Gasteiger partial charge >= 0.3 is 18.0 Å². The fourth-order valence-electron chi connectivity index (χ4n) is 4.83. The van der Waals surface area contributed by atoms with Crippen LogP contribution in [0.15, 0.2) is 66.9 Å². The molecule has 5 rings (SSSR count). The zero-order valence-corrected chi connectivity index (χ0v) is 24.2. The van der Waals surface area contributed by atoms with E-state index in [1.54, 1.807) is 18.2 Å². The minimum Gasteiger partial charge on any atom is -0.493 e. The Morgan fingerprint density at radius 2 is 1.76 bits per heavy atom. The van der Waals surface area contributed by atoms with Crippen LogP contribution in [-0.4, -0.2) is 43.6 Å². The van der Waals surface area contributed by atoms with Gasteiger partial charge in [0, 0.05) is 35.9 Å². The SMILES string of the molecule is COc1cc2c(Oc3ccc(NC(=O)C(=O)NCc4cccc(C(F)(F)F)c4)cc3F)ccnc2cc1OCC1CCNCC1. The smallest absolute Gasteiger partial charge is 0.416 e. The number of pyridine rings is 1. The summed E-state index contributed by atoms with van der Waals surface area (Å²) >= 11 is 0. The zero-order chi connectivity index (χ0) is 32.0. The number of ether oxygens (including phenoxy) is 3. The maximum Gasteiger partial charge on any atom is 0.416 e. The van der Waals surface area contributed by atoms with Crippen molar-refractivity contribution in [2.75, 3.05) is 32.1 Å². The minimum atomic E-state index is -4.54. The Bertz CT molecular complexity index is 1690. The lowest BCUT2D eigenvalue weighted by molar-refractivity contribution is -0.137. The van der Waals surface area contributed by atoms with E-state index in [9.17, 15) is 22.8 Å². The molecule has 0 atom stereocenters. The van der Waals surface area contributed by atoms with Crippen LogP contribution in [0.3, 0.4) is 0 Å². The van der Waals surface area contributed by atoms with E-state index in [-0.39, 0.29) is 23.5 Å². The number of rotatable bonds is 9. The van der Waals surface area contributed by atoms with Crippen molar-refractivity contribution in [1.29, 1.82) is 0 Å². The molecule has 45 heavy (non-hydrogen) atoms. The number of halogens is 4. The average molecular weight is 627 g/mol. The molecule has 2 heterocycles. The second kappa shape index (κ2) is 13.8. The van der Waals surface area contributed by atoms with Crippen LogP contribution >= 0.6 is 0 Å². The summed E-state index contributed by atoms with van der Waals surface area (Å²) in [4.78, 5) is 29.0. The van der Waals surface area contributed by atoms with Gasteiger partial charge in [-0.05, 0) is 73.8 Å². The third-order valence-corrected chi connectivity index (χ3v) is 7.24. The van der Waals surface area contributed by atoms with Crippen LogP contribution in [0.2, 0.25) is 0 Å². The first-order chi connectivity index (χ1) is 21.6. The predicted molar refractivity (Wildman–Crippen MR) is 158 cm³/mol. The third-order valence-electron chi connectivity index (χ3n) is 7.24. The summed E-state index contributed by atoms with van der Waals surface area (Å²) < 4.78 is 71.2. The molecule has 1 aliphatic rings. The maximum atomic E-state index is 15.0. The molecule has 0 radical (unpaired) electrons. The van der Waals surface area contributed by atoms with Crippen molar-refractivity contribution in [2.45, 2.75) is 25.6 Å². The summed E-state index contributed by atoms with van der Waals surface area (Å²) in [5, 5.41) is 8.39. The van der Waals surface area contributed by atoms with Crippen LogP contribution in [-0.2, 0) is 22.3 Å². The predicted octanol–water partition coefficient (Wildman–Crippen LogP) is 5.83. The molecule has 236 valence electrons. The third kappa shape index (κ3) is 7.98. The lowest BCUT2D eigenvalue weighted by Crippen LogP contribution is -2.35. The Balaban J connectivity index is 1.23. The number of hydrogen-bond acceptors (Lipinski definition) is 7. The van der Waals surface area contributed by atoms with Gasteiger partial charge < -0.3 is 30.2 Å². The summed E-state index contributed by atoms with van der Waals surface area (Å²) in [5.41, 5.74) is -0.206. The largest absolute Gasteiger partial charge is 0.493 e. The van der Waals surface area contributed by atoms with Crippen LogP contribution in [0.4, 0.5) is 23.2 Å². The molecule has 0 saturated carbocycles. The normalized spacial score (nSPS) is 13.7. The number of fused-ring (bicyclic) bond motifs is 1. The summed E-state index contributed by atoms with van der Waals surface area (Å²) in [7, 11) is 1.52. The molecule has 0 bridgehead atoms. The van der Waals surface area contributed by atoms with Gasteiger partial charge in [0.2, 0.25) is 0 Å². The highest BCUT2D eigenvalue weighted by Gasteiger charge is 2.30. The summed E-state index contributed by atoms with van der Waals surface area (Å²) in [6, 6.07) is 13.0. The van der Waals surface area contributed by atoms with Crippen molar-refractivity contribution in [3.05, 3.63) is 83.8 Å². The fourth-order valence-corrected chi connectivity index (χ4v) is 4.83. The van der Waals surface area contributed by atoms with E-state index >= 15 is 4.39 Å². The lowest BCUT2D eigenvalue weighted by Gasteiger charge is -2.23. The fraction of sp³-hybridized carbons (Fsp3) is 0.281. The van der Waals surface area contributed by atoms with Gasteiger partial charge in [-0.3, -0.25) is 14.6 Å². The summed E-state index contributed by atoms with van der Waals surface area (Å²) in [5.74, 6) is -1.46. The number of piperidine rings is 1. The van der Waals surface area contributed by atoms with Gasteiger partial charge in [-0.1, -0.05) is 12.1 Å². The first kappa shape index (κ1) is 31.5. The monoisotopic (exact) mass is 626 g/mol. The number of anilines is 1. The minimum absolute atomic E-state index is 0.0316. The Labute approximate surface area is 255 Å². The van der Waals surface area contributed by atoms with Crippen molar-refractivity contribution in [1.82, 2.24) is 15.6 Å². The molecule has 1 saturated heterocycles. The Morgan fingerprint density at radius 3 is 2.49 bits per heavy atom. The van der Waals surface area contributed by atoms with Crippen LogP contribution in [0.5, 0.6) is 23.0 Å². The molecule has 1 aliphatic heterocycles. The number of amides is 2. The van der Waals surface area contributed by atoms with Crippen molar-refractivity contribution in [2.24, 2.45) is 5.92 Å². The van der Waals surface area contributed by atoms with Crippen molar-refractivity contribution in [3.8, 4) is 23.0 Å². The number of carbonyl (C=O) groups is 2. The summed E-state index contributed by atoms with van der Waals surface area (Å²) in [6.07, 6.45) is -0.974. The number of aromatic nitrogens is 1. The van der Waals surface area contributed by atoms with Crippen molar-refractivity contribution in [3.63, 3.8) is 0 Å². The Hall–Kier alpha value is -4.91. The molecule has 4 aromatic rings. The number of benzene rings is 3. The first-order valence-corrected chi connectivity index (χ1v) is 14.1. The van der Waals surface area contributed by atoms with Gasteiger partial charge in [-0.25, -0.2) is 4.39 Å². The highest BCUT2D eigenvalue weighted by Crippen LogP contribution is 2.38. The van der Waals surface area contributed by atoms with E-state index in [0.29, 0.717) is 40.7 Å². The Morgan fingerprint density at radius 1 is 0.956 bits per heavy atom. The molecule has 0 spiro atoms. The molecule has 0 unspecified atom stereocenters. The van der Waals surface area contributed by atoms with Gasteiger partial charge in [-0.15, -0.1) is 0 Å².